The van der Waals surface area contributed by atoms with Gasteiger partial charge in [0, 0.05) is 17.0 Å². The van der Waals surface area contributed by atoms with Crippen molar-refractivity contribution in [3.63, 3.8) is 0 Å². The molecule has 0 aliphatic heterocycles. The molecule has 2 aromatic rings. The molecule has 0 saturated carbocycles. The largest absolute Gasteiger partial charge is 0.496 e. The topological polar surface area (TPSA) is 83.1 Å². The lowest BCUT2D eigenvalue weighted by Crippen LogP contribution is -2.16. The number of carbonyl (C=O) groups is 2. The highest BCUT2D eigenvalue weighted by Crippen LogP contribution is 2.37. The van der Waals surface area contributed by atoms with Crippen LogP contribution in [0.15, 0.2) is 12.1 Å². The van der Waals surface area contributed by atoms with E-state index >= 15 is 0 Å². The van der Waals surface area contributed by atoms with Crippen LogP contribution < -0.4 is 19.5 Å². The summed E-state index contributed by atoms with van der Waals surface area (Å²) in [4.78, 5) is 26.6. The third-order valence-corrected chi connectivity index (χ3v) is 5.44. The number of hydrogen-bond acceptors (Lipinski definition) is 7. The van der Waals surface area contributed by atoms with Crippen LogP contribution in [0.3, 0.4) is 0 Å². The van der Waals surface area contributed by atoms with Gasteiger partial charge in [-0.05, 0) is 25.3 Å². The van der Waals surface area contributed by atoms with Gasteiger partial charge in [0.05, 0.1) is 39.1 Å². The molecule has 1 heterocycles. The van der Waals surface area contributed by atoms with Crippen molar-refractivity contribution in [1.82, 2.24) is 0 Å². The number of anilines is 1. The molecule has 0 radical (unpaired) electrons. The number of ether oxygens (including phenoxy) is 4. The summed E-state index contributed by atoms with van der Waals surface area (Å²) in [5.41, 5.74) is 1.56. The smallest absolute Gasteiger partial charge is 0.341 e. The van der Waals surface area contributed by atoms with Crippen molar-refractivity contribution < 1.29 is 28.5 Å². The summed E-state index contributed by atoms with van der Waals surface area (Å²) in [5, 5.41) is 3.31. The van der Waals surface area contributed by atoms with Gasteiger partial charge in [0.25, 0.3) is 5.91 Å². The standard InChI is InChI=1S/C21H27NO6S/c1-7-9-28-21(24)18-13(8-2)12(3)29-20(18)22-19(23)14-10-16(26-5)17(27-6)11-15(14)25-4/h10-11H,7-9H2,1-6H3,(H,22,23). The van der Waals surface area contributed by atoms with Crippen molar-refractivity contribution in [2.75, 3.05) is 33.3 Å². The van der Waals surface area contributed by atoms with Crippen molar-refractivity contribution in [3.8, 4) is 17.2 Å². The number of thiophene rings is 1. The zero-order valence-corrected chi connectivity index (χ0v) is 18.5. The van der Waals surface area contributed by atoms with E-state index in [-0.39, 0.29) is 5.56 Å². The van der Waals surface area contributed by atoms with Gasteiger partial charge in [-0.2, -0.15) is 0 Å². The maximum absolute atomic E-state index is 13.0. The minimum absolute atomic E-state index is 0.266. The maximum Gasteiger partial charge on any atom is 0.341 e. The highest BCUT2D eigenvalue weighted by molar-refractivity contribution is 7.16. The molecular formula is C21H27NO6S. The summed E-state index contributed by atoms with van der Waals surface area (Å²) in [5.74, 6) is 0.334. The van der Waals surface area contributed by atoms with E-state index in [4.69, 9.17) is 18.9 Å². The first-order chi connectivity index (χ1) is 13.9. The first kappa shape index (κ1) is 22.5. The van der Waals surface area contributed by atoms with E-state index < -0.39 is 11.9 Å². The fraction of sp³-hybridized carbons (Fsp3) is 0.429. The minimum Gasteiger partial charge on any atom is -0.496 e. The third kappa shape index (κ3) is 4.82. The lowest BCUT2D eigenvalue weighted by Gasteiger charge is -2.14. The van der Waals surface area contributed by atoms with Gasteiger partial charge in [-0.1, -0.05) is 13.8 Å². The molecule has 0 aliphatic carbocycles. The van der Waals surface area contributed by atoms with E-state index in [1.54, 1.807) is 12.1 Å². The van der Waals surface area contributed by atoms with Gasteiger partial charge in [0.15, 0.2) is 11.5 Å². The zero-order chi connectivity index (χ0) is 21.6. The average molecular weight is 422 g/mol. The third-order valence-electron chi connectivity index (χ3n) is 4.38. The molecule has 1 amide bonds. The minimum atomic E-state index is -0.428. The van der Waals surface area contributed by atoms with Crippen LogP contribution in [0, 0.1) is 6.92 Å². The lowest BCUT2D eigenvalue weighted by atomic mass is 10.1. The fourth-order valence-corrected chi connectivity index (χ4v) is 4.08. The monoisotopic (exact) mass is 421 g/mol. The molecule has 0 bridgehead atoms. The van der Waals surface area contributed by atoms with Crippen LogP contribution in [0.4, 0.5) is 5.00 Å². The number of carbonyl (C=O) groups excluding carboxylic acids is 2. The van der Waals surface area contributed by atoms with Crippen molar-refractivity contribution in [1.29, 1.82) is 0 Å². The SMILES string of the molecule is CCCOC(=O)c1c(NC(=O)c2cc(OC)c(OC)cc2OC)sc(C)c1CC. The van der Waals surface area contributed by atoms with E-state index in [0.717, 1.165) is 16.9 Å². The number of amides is 1. The summed E-state index contributed by atoms with van der Waals surface area (Å²) in [6.07, 6.45) is 1.38. The van der Waals surface area contributed by atoms with Crippen LogP contribution in [0.2, 0.25) is 0 Å². The second-order valence-electron chi connectivity index (χ2n) is 6.19. The van der Waals surface area contributed by atoms with Crippen LogP contribution in [-0.4, -0.2) is 39.8 Å². The Morgan fingerprint density at radius 3 is 2.17 bits per heavy atom. The van der Waals surface area contributed by atoms with Gasteiger partial charge in [-0.3, -0.25) is 4.79 Å². The molecule has 0 aliphatic rings. The van der Waals surface area contributed by atoms with E-state index in [2.05, 4.69) is 5.32 Å². The normalized spacial score (nSPS) is 10.4. The summed E-state index contributed by atoms with van der Waals surface area (Å²) < 4.78 is 21.2. The van der Waals surface area contributed by atoms with Gasteiger partial charge in [-0.25, -0.2) is 4.79 Å². The molecule has 0 saturated heterocycles. The van der Waals surface area contributed by atoms with Gasteiger partial charge >= 0.3 is 5.97 Å². The fourth-order valence-electron chi connectivity index (χ4n) is 2.95. The Hall–Kier alpha value is -2.74. The Bertz CT molecular complexity index is 890. The number of methoxy groups -OCH3 is 3. The molecule has 0 atom stereocenters. The van der Waals surface area contributed by atoms with Gasteiger partial charge in [0.2, 0.25) is 0 Å². The van der Waals surface area contributed by atoms with Crippen molar-refractivity contribution >= 4 is 28.2 Å². The molecule has 8 heteroatoms. The first-order valence-electron chi connectivity index (χ1n) is 9.32. The highest BCUT2D eigenvalue weighted by Gasteiger charge is 2.25. The molecule has 7 nitrogen and oxygen atoms in total. The summed E-state index contributed by atoms with van der Waals surface area (Å²) in [6.45, 7) is 6.15. The van der Waals surface area contributed by atoms with Gasteiger partial charge in [0.1, 0.15) is 10.8 Å². The molecule has 0 spiro atoms. The molecule has 29 heavy (non-hydrogen) atoms. The molecule has 1 aromatic carbocycles. The quantitative estimate of drug-likeness (QED) is 0.602. The van der Waals surface area contributed by atoms with Crippen molar-refractivity contribution in [2.45, 2.75) is 33.6 Å². The number of hydrogen-bond donors (Lipinski definition) is 1. The van der Waals surface area contributed by atoms with Crippen molar-refractivity contribution in [2.24, 2.45) is 0 Å². The molecule has 158 valence electrons. The van der Waals surface area contributed by atoms with Crippen LogP contribution in [0.25, 0.3) is 0 Å². The van der Waals surface area contributed by atoms with Crippen molar-refractivity contribution in [3.05, 3.63) is 33.7 Å². The maximum atomic E-state index is 13.0. The summed E-state index contributed by atoms with van der Waals surface area (Å²) in [6, 6.07) is 3.13. The first-order valence-corrected chi connectivity index (χ1v) is 10.1. The van der Waals surface area contributed by atoms with Crippen LogP contribution >= 0.6 is 11.3 Å². The Kier molecular flexibility index (Phi) is 7.90. The van der Waals surface area contributed by atoms with Crippen LogP contribution in [0.5, 0.6) is 17.2 Å². The number of esters is 1. The number of rotatable bonds is 9. The molecule has 2 rings (SSSR count). The number of aryl methyl sites for hydroxylation is 1. The summed E-state index contributed by atoms with van der Waals surface area (Å²) >= 11 is 1.35. The Labute approximate surface area is 174 Å². The predicted molar refractivity (Wildman–Crippen MR) is 113 cm³/mol. The van der Waals surface area contributed by atoms with Gasteiger partial charge in [-0.15, -0.1) is 11.3 Å². The summed E-state index contributed by atoms with van der Waals surface area (Å²) in [7, 11) is 4.46. The molecule has 0 unspecified atom stereocenters. The zero-order valence-electron chi connectivity index (χ0n) is 17.6. The Morgan fingerprint density at radius 1 is 1.00 bits per heavy atom. The van der Waals surface area contributed by atoms with Crippen LogP contribution in [-0.2, 0) is 11.2 Å². The number of benzene rings is 1. The number of nitrogens with one attached hydrogen (secondary N) is 1. The highest BCUT2D eigenvalue weighted by atomic mass is 32.1. The second-order valence-corrected chi connectivity index (χ2v) is 7.42. The van der Waals surface area contributed by atoms with Crippen LogP contribution in [0.1, 0.15) is 51.4 Å². The van der Waals surface area contributed by atoms with Gasteiger partial charge < -0.3 is 24.3 Å². The predicted octanol–water partition coefficient (Wildman–Crippen LogP) is 4.46. The lowest BCUT2D eigenvalue weighted by molar-refractivity contribution is 0.0505. The Morgan fingerprint density at radius 2 is 1.62 bits per heavy atom. The molecule has 1 aromatic heterocycles. The van der Waals surface area contributed by atoms with E-state index in [9.17, 15) is 9.59 Å². The van der Waals surface area contributed by atoms with E-state index in [0.29, 0.717) is 40.8 Å². The van der Waals surface area contributed by atoms with E-state index in [1.165, 1.54) is 32.7 Å². The molecular weight excluding hydrogens is 394 g/mol. The second kappa shape index (κ2) is 10.2. The molecule has 0 fully saturated rings. The Balaban J connectivity index is 2.44. The molecule has 1 N–H and O–H groups in total. The van der Waals surface area contributed by atoms with E-state index in [1.807, 2.05) is 20.8 Å². The average Bonchev–Trinajstić information content (AvgIpc) is 3.05.